The Kier molecular flexibility index (Phi) is 4.67. The maximum Gasteiger partial charge on any atom is 0.306 e. The van der Waals surface area contributed by atoms with Gasteiger partial charge < -0.3 is 9.52 Å². The van der Waals surface area contributed by atoms with Gasteiger partial charge in [-0.25, -0.2) is 0 Å². The van der Waals surface area contributed by atoms with Crippen LogP contribution >= 0.6 is 0 Å². The van der Waals surface area contributed by atoms with Gasteiger partial charge in [0.2, 0.25) is 5.76 Å². The molecule has 7 heteroatoms. The number of furan rings is 1. The number of hydrogen-bond acceptors (Lipinski definition) is 5. The van der Waals surface area contributed by atoms with Crippen LogP contribution in [0.3, 0.4) is 0 Å². The first kappa shape index (κ1) is 16.8. The molecular formula is C19H13N3O4. The molecule has 3 rings (SSSR count). The smallest absolute Gasteiger partial charge is 0.306 e. The van der Waals surface area contributed by atoms with E-state index in [1.54, 1.807) is 12.1 Å². The van der Waals surface area contributed by atoms with E-state index in [2.05, 4.69) is 10.9 Å². The molecule has 26 heavy (non-hydrogen) atoms. The van der Waals surface area contributed by atoms with Crippen molar-refractivity contribution in [1.82, 2.24) is 10.9 Å². The zero-order valence-electron chi connectivity index (χ0n) is 13.4. The lowest BCUT2D eigenvalue weighted by Crippen LogP contribution is -2.41. The van der Waals surface area contributed by atoms with Gasteiger partial charge in [0.1, 0.15) is 11.8 Å². The number of phenols is 1. The highest BCUT2D eigenvalue weighted by atomic mass is 16.3. The molecule has 128 valence electrons. The molecule has 2 aromatic carbocycles. The first-order chi connectivity index (χ1) is 12.6. The number of nitriles is 1. The van der Waals surface area contributed by atoms with E-state index >= 15 is 0 Å². The summed E-state index contributed by atoms with van der Waals surface area (Å²) in [5.74, 6) is -1.43. The van der Waals surface area contributed by atoms with Gasteiger partial charge in [-0.2, -0.15) is 5.26 Å². The number of hydrogen-bond donors (Lipinski definition) is 3. The number of rotatable bonds is 3. The van der Waals surface area contributed by atoms with Gasteiger partial charge in [-0.3, -0.25) is 20.4 Å². The maximum absolute atomic E-state index is 12.3. The van der Waals surface area contributed by atoms with E-state index in [1.807, 2.05) is 30.3 Å². The fourth-order valence-corrected chi connectivity index (χ4v) is 2.34. The molecule has 7 nitrogen and oxygen atoms in total. The van der Waals surface area contributed by atoms with Gasteiger partial charge in [0.05, 0.1) is 11.8 Å². The quantitative estimate of drug-likeness (QED) is 0.630. The van der Waals surface area contributed by atoms with Crippen LogP contribution < -0.4 is 10.9 Å². The predicted octanol–water partition coefficient (Wildman–Crippen LogP) is 2.60. The number of benzene rings is 2. The number of phenolic OH excluding ortho intramolecular Hbond substituents is 1. The molecule has 0 saturated heterocycles. The molecule has 0 unspecified atom stereocenters. The number of nitrogens with zero attached hydrogens (tertiary/aromatic N) is 1. The standard InChI is InChI=1S/C19H13N3O4/c20-11-14-10-13(6-7-16(14)23)18(24)21-22-19(25)17-15(8-9-26-17)12-4-2-1-3-5-12/h1-10,23H,(H,21,24)(H,22,25). The van der Waals surface area contributed by atoms with E-state index in [-0.39, 0.29) is 22.6 Å². The highest BCUT2D eigenvalue weighted by Gasteiger charge is 2.18. The van der Waals surface area contributed by atoms with Crippen molar-refractivity contribution in [2.24, 2.45) is 0 Å². The summed E-state index contributed by atoms with van der Waals surface area (Å²) in [4.78, 5) is 24.4. The third-order valence-corrected chi connectivity index (χ3v) is 3.63. The van der Waals surface area contributed by atoms with E-state index in [0.29, 0.717) is 5.56 Å². The monoisotopic (exact) mass is 347 g/mol. The average Bonchev–Trinajstić information content (AvgIpc) is 3.17. The lowest BCUT2D eigenvalue weighted by atomic mass is 10.1. The number of aromatic hydroxyl groups is 1. The summed E-state index contributed by atoms with van der Waals surface area (Å²) in [5, 5.41) is 18.3. The Morgan fingerprint density at radius 1 is 1.00 bits per heavy atom. The normalized spacial score (nSPS) is 9.96. The van der Waals surface area contributed by atoms with Crippen molar-refractivity contribution in [3.05, 3.63) is 77.7 Å². The Bertz CT molecular complexity index is 1000. The summed E-state index contributed by atoms with van der Waals surface area (Å²) >= 11 is 0. The van der Waals surface area contributed by atoms with Gasteiger partial charge in [0, 0.05) is 11.1 Å². The van der Waals surface area contributed by atoms with Crippen molar-refractivity contribution < 1.29 is 19.1 Å². The molecular weight excluding hydrogens is 334 g/mol. The molecule has 0 saturated carbocycles. The number of hydrazine groups is 1. The fourth-order valence-electron chi connectivity index (χ4n) is 2.34. The lowest BCUT2D eigenvalue weighted by Gasteiger charge is -2.08. The van der Waals surface area contributed by atoms with Crippen LogP contribution in [0, 0.1) is 11.3 Å². The summed E-state index contributed by atoms with van der Waals surface area (Å²) in [6, 6.07) is 16.4. The molecule has 0 aliphatic carbocycles. The fraction of sp³-hybridized carbons (Fsp3) is 0. The Morgan fingerprint density at radius 2 is 1.73 bits per heavy atom. The molecule has 0 atom stereocenters. The molecule has 0 fully saturated rings. The van der Waals surface area contributed by atoms with Crippen LogP contribution in [0.2, 0.25) is 0 Å². The molecule has 1 aromatic heterocycles. The van der Waals surface area contributed by atoms with E-state index in [4.69, 9.17) is 9.68 Å². The predicted molar refractivity (Wildman–Crippen MR) is 91.9 cm³/mol. The van der Waals surface area contributed by atoms with Crippen molar-refractivity contribution in [1.29, 1.82) is 5.26 Å². The summed E-state index contributed by atoms with van der Waals surface area (Å²) in [6.45, 7) is 0. The van der Waals surface area contributed by atoms with Crippen molar-refractivity contribution in [2.75, 3.05) is 0 Å². The second-order valence-electron chi connectivity index (χ2n) is 5.28. The zero-order valence-corrected chi connectivity index (χ0v) is 13.4. The second-order valence-corrected chi connectivity index (χ2v) is 5.28. The first-order valence-electron chi connectivity index (χ1n) is 7.57. The molecule has 3 N–H and O–H groups in total. The minimum Gasteiger partial charge on any atom is -0.507 e. The Balaban J connectivity index is 1.71. The minimum absolute atomic E-state index is 0.0404. The molecule has 0 aliphatic rings. The summed E-state index contributed by atoms with van der Waals surface area (Å²) in [6.07, 6.45) is 1.39. The summed E-state index contributed by atoms with van der Waals surface area (Å²) in [7, 11) is 0. The van der Waals surface area contributed by atoms with Gasteiger partial charge in [0.25, 0.3) is 5.91 Å². The molecule has 0 bridgehead atoms. The van der Waals surface area contributed by atoms with Crippen LogP contribution in [-0.2, 0) is 0 Å². The number of carbonyl (C=O) groups is 2. The maximum atomic E-state index is 12.3. The third-order valence-electron chi connectivity index (χ3n) is 3.63. The molecule has 0 spiro atoms. The lowest BCUT2D eigenvalue weighted by molar-refractivity contribution is 0.0831. The third kappa shape index (κ3) is 3.39. The number of nitrogens with one attached hydrogen (secondary N) is 2. The summed E-state index contributed by atoms with van der Waals surface area (Å²) < 4.78 is 5.23. The van der Waals surface area contributed by atoms with Crippen LogP contribution in [0.4, 0.5) is 0 Å². The Labute approximate surface area is 148 Å². The van der Waals surface area contributed by atoms with Crippen molar-refractivity contribution >= 4 is 11.8 Å². The van der Waals surface area contributed by atoms with Gasteiger partial charge in [-0.15, -0.1) is 0 Å². The highest BCUT2D eigenvalue weighted by molar-refractivity contribution is 6.01. The SMILES string of the molecule is N#Cc1cc(C(=O)NNC(=O)c2occc2-c2ccccc2)ccc1O. The van der Waals surface area contributed by atoms with Gasteiger partial charge in [0.15, 0.2) is 0 Å². The summed E-state index contributed by atoms with van der Waals surface area (Å²) in [5.41, 5.74) is 5.98. The van der Waals surface area contributed by atoms with Crippen LogP contribution in [0.1, 0.15) is 26.5 Å². The van der Waals surface area contributed by atoms with E-state index < -0.39 is 11.8 Å². The Hall–Kier alpha value is -4.05. The van der Waals surface area contributed by atoms with Crippen LogP contribution in [0.25, 0.3) is 11.1 Å². The largest absolute Gasteiger partial charge is 0.507 e. The van der Waals surface area contributed by atoms with Crippen LogP contribution in [0.15, 0.2) is 65.3 Å². The number of amides is 2. The van der Waals surface area contributed by atoms with Crippen molar-refractivity contribution in [2.45, 2.75) is 0 Å². The van der Waals surface area contributed by atoms with Crippen LogP contribution in [-0.4, -0.2) is 16.9 Å². The first-order valence-corrected chi connectivity index (χ1v) is 7.57. The average molecular weight is 347 g/mol. The molecule has 0 radical (unpaired) electrons. The molecule has 0 aliphatic heterocycles. The van der Waals surface area contributed by atoms with Gasteiger partial charge >= 0.3 is 5.91 Å². The number of carbonyl (C=O) groups excluding carboxylic acids is 2. The topological polar surface area (TPSA) is 115 Å². The van der Waals surface area contributed by atoms with E-state index in [1.165, 1.54) is 24.5 Å². The highest BCUT2D eigenvalue weighted by Crippen LogP contribution is 2.24. The van der Waals surface area contributed by atoms with E-state index in [9.17, 15) is 14.7 Å². The zero-order chi connectivity index (χ0) is 18.5. The minimum atomic E-state index is -0.636. The second kappa shape index (κ2) is 7.23. The van der Waals surface area contributed by atoms with Crippen LogP contribution in [0.5, 0.6) is 5.75 Å². The molecule has 3 aromatic rings. The van der Waals surface area contributed by atoms with Gasteiger partial charge in [-0.1, -0.05) is 30.3 Å². The molecule has 2 amide bonds. The van der Waals surface area contributed by atoms with Crippen molar-refractivity contribution in [3.63, 3.8) is 0 Å². The Morgan fingerprint density at radius 3 is 2.46 bits per heavy atom. The van der Waals surface area contributed by atoms with E-state index in [0.717, 1.165) is 5.56 Å². The van der Waals surface area contributed by atoms with Crippen molar-refractivity contribution in [3.8, 4) is 22.9 Å². The molecule has 1 heterocycles. The van der Waals surface area contributed by atoms with Gasteiger partial charge in [-0.05, 0) is 29.8 Å².